The van der Waals surface area contributed by atoms with Crippen LogP contribution in [0.5, 0.6) is 0 Å². The van der Waals surface area contributed by atoms with E-state index in [-0.39, 0.29) is 0 Å². The monoisotopic (exact) mass is 259 g/mol. The van der Waals surface area contributed by atoms with Crippen molar-refractivity contribution < 1.29 is 0 Å². The van der Waals surface area contributed by atoms with Gasteiger partial charge >= 0.3 is 0 Å². The molecule has 2 aromatic heterocycles. The molecule has 0 aromatic carbocycles. The van der Waals surface area contributed by atoms with Crippen molar-refractivity contribution in [1.82, 2.24) is 10.3 Å². The molecule has 1 aliphatic rings. The van der Waals surface area contributed by atoms with Gasteiger partial charge in [-0.05, 0) is 38.3 Å². The Morgan fingerprint density at radius 3 is 2.94 bits per heavy atom. The summed E-state index contributed by atoms with van der Waals surface area (Å²) in [5.41, 5.74) is 8.96. The van der Waals surface area contributed by atoms with E-state index in [0.717, 1.165) is 32.2 Å². The van der Waals surface area contributed by atoms with Crippen molar-refractivity contribution in [1.29, 1.82) is 0 Å². The van der Waals surface area contributed by atoms with Crippen LogP contribution in [0, 0.1) is 6.92 Å². The van der Waals surface area contributed by atoms with Gasteiger partial charge in [0.25, 0.3) is 0 Å². The second kappa shape index (κ2) is 4.28. The highest BCUT2D eigenvalue weighted by Crippen LogP contribution is 2.36. The van der Waals surface area contributed by atoms with E-state index in [4.69, 9.17) is 5.73 Å². The van der Waals surface area contributed by atoms with Crippen LogP contribution in [-0.4, -0.2) is 11.0 Å². The number of rotatable bonds is 3. The van der Waals surface area contributed by atoms with Crippen LogP contribution in [0.15, 0.2) is 18.7 Å². The van der Waals surface area contributed by atoms with E-state index in [1.165, 1.54) is 19.3 Å². The Morgan fingerprint density at radius 2 is 2.28 bits per heavy atom. The van der Waals surface area contributed by atoms with Crippen molar-refractivity contribution in [2.45, 2.75) is 32.2 Å². The number of nitrogens with zero attached hydrogens (tertiary/aromatic N) is 1. The number of anilines is 1. The maximum Gasteiger partial charge on any atom is 0.126 e. The number of hydrogen-bond donors (Lipinski definition) is 2. The first kappa shape index (κ1) is 11.5. The number of nitrogens with one attached hydrogen (secondary N) is 1. The van der Waals surface area contributed by atoms with Crippen molar-refractivity contribution >= 4 is 32.9 Å². The van der Waals surface area contributed by atoms with Gasteiger partial charge in [-0.25, -0.2) is 4.98 Å². The van der Waals surface area contributed by atoms with Crippen LogP contribution in [-0.2, 0) is 0 Å². The molecule has 1 saturated carbocycles. The summed E-state index contributed by atoms with van der Waals surface area (Å²) in [7, 11) is 0. The summed E-state index contributed by atoms with van der Waals surface area (Å²) in [5.74, 6) is 0. The van der Waals surface area contributed by atoms with E-state index in [1.807, 2.05) is 19.1 Å². The molecule has 2 aromatic rings. The number of thiophene rings is 1. The van der Waals surface area contributed by atoms with E-state index in [9.17, 15) is 0 Å². The zero-order valence-electron chi connectivity index (χ0n) is 10.5. The van der Waals surface area contributed by atoms with Gasteiger partial charge in [-0.1, -0.05) is 6.58 Å². The van der Waals surface area contributed by atoms with E-state index in [1.54, 1.807) is 11.3 Å². The van der Waals surface area contributed by atoms with Gasteiger partial charge in [0, 0.05) is 22.8 Å². The van der Waals surface area contributed by atoms with Crippen LogP contribution in [0.1, 0.15) is 29.8 Å². The molecule has 0 bridgehead atoms. The molecule has 94 valence electrons. The quantitative estimate of drug-likeness (QED) is 0.889. The van der Waals surface area contributed by atoms with E-state index in [0.29, 0.717) is 6.04 Å². The van der Waals surface area contributed by atoms with Gasteiger partial charge in [0.05, 0.1) is 10.6 Å². The number of pyridine rings is 1. The zero-order chi connectivity index (χ0) is 12.7. The van der Waals surface area contributed by atoms with Gasteiger partial charge in [-0.3, -0.25) is 0 Å². The van der Waals surface area contributed by atoms with E-state index < -0.39 is 0 Å². The summed E-state index contributed by atoms with van der Waals surface area (Å²) in [5, 5.41) is 4.50. The Hall–Kier alpha value is -1.55. The van der Waals surface area contributed by atoms with Crippen molar-refractivity contribution in [2.75, 3.05) is 5.73 Å². The SMILES string of the molecule is C=C(NC1CCC1)c1sc2nc(C)ccc2c1N. The molecule has 2 heterocycles. The van der Waals surface area contributed by atoms with Crippen LogP contribution in [0.2, 0.25) is 0 Å². The fourth-order valence-electron chi connectivity index (χ4n) is 2.18. The predicted molar refractivity (Wildman–Crippen MR) is 78.6 cm³/mol. The lowest BCUT2D eigenvalue weighted by Gasteiger charge is -2.28. The van der Waals surface area contributed by atoms with Gasteiger partial charge in [-0.15, -0.1) is 11.3 Å². The number of aromatic nitrogens is 1. The lowest BCUT2D eigenvalue weighted by molar-refractivity contribution is 0.379. The van der Waals surface area contributed by atoms with Crippen LogP contribution < -0.4 is 11.1 Å². The number of nitrogen functional groups attached to an aromatic ring is 1. The molecule has 0 aliphatic heterocycles. The Morgan fingerprint density at radius 1 is 1.50 bits per heavy atom. The zero-order valence-corrected chi connectivity index (χ0v) is 11.3. The van der Waals surface area contributed by atoms with Crippen LogP contribution in [0.3, 0.4) is 0 Å². The third kappa shape index (κ3) is 1.86. The second-order valence-corrected chi connectivity index (χ2v) is 5.90. The standard InChI is InChI=1S/C14H17N3S/c1-8-6-7-11-12(15)13(18-14(11)16-8)9(2)17-10-4-3-5-10/h6-7,10,17H,2-5,15H2,1H3. The fraction of sp³-hybridized carbons (Fsp3) is 0.357. The third-order valence-electron chi connectivity index (χ3n) is 3.49. The molecule has 1 fully saturated rings. The van der Waals surface area contributed by atoms with Crippen LogP contribution in [0.4, 0.5) is 5.69 Å². The van der Waals surface area contributed by atoms with Gasteiger partial charge in [0.2, 0.25) is 0 Å². The molecule has 18 heavy (non-hydrogen) atoms. The summed E-state index contributed by atoms with van der Waals surface area (Å²) in [6.45, 7) is 6.11. The molecule has 1 aliphatic carbocycles. The summed E-state index contributed by atoms with van der Waals surface area (Å²) in [4.78, 5) is 6.56. The largest absolute Gasteiger partial charge is 0.397 e. The van der Waals surface area contributed by atoms with Crippen LogP contribution >= 0.6 is 11.3 Å². The summed E-state index contributed by atoms with van der Waals surface area (Å²) >= 11 is 1.62. The van der Waals surface area contributed by atoms with Gasteiger partial charge in [0.1, 0.15) is 4.83 Å². The molecule has 0 atom stereocenters. The highest BCUT2D eigenvalue weighted by Gasteiger charge is 2.20. The van der Waals surface area contributed by atoms with Gasteiger partial charge < -0.3 is 11.1 Å². The lowest BCUT2D eigenvalue weighted by atomic mass is 9.93. The Bertz CT molecular complexity index is 611. The van der Waals surface area contributed by atoms with Crippen molar-refractivity contribution in [3.63, 3.8) is 0 Å². The predicted octanol–water partition coefficient (Wildman–Crippen LogP) is 3.30. The number of aryl methyl sites for hydroxylation is 1. The fourth-order valence-corrected chi connectivity index (χ4v) is 3.25. The Labute approximate surface area is 111 Å². The highest BCUT2D eigenvalue weighted by molar-refractivity contribution is 7.20. The van der Waals surface area contributed by atoms with Crippen molar-refractivity contribution in [3.05, 3.63) is 29.3 Å². The first-order valence-electron chi connectivity index (χ1n) is 6.26. The Kier molecular flexibility index (Phi) is 2.74. The topological polar surface area (TPSA) is 50.9 Å². The van der Waals surface area contributed by atoms with Crippen LogP contribution in [0.25, 0.3) is 15.9 Å². The molecule has 3 rings (SSSR count). The minimum absolute atomic E-state index is 0.580. The molecule has 0 amide bonds. The first-order valence-corrected chi connectivity index (χ1v) is 7.08. The molecule has 3 N–H and O–H groups in total. The smallest absolute Gasteiger partial charge is 0.126 e. The average molecular weight is 259 g/mol. The van der Waals surface area contributed by atoms with E-state index >= 15 is 0 Å². The third-order valence-corrected chi connectivity index (χ3v) is 4.67. The second-order valence-electron chi connectivity index (χ2n) is 4.90. The normalized spacial score (nSPS) is 15.6. The number of nitrogens with two attached hydrogens (primary N) is 1. The molecular formula is C14H17N3S. The molecule has 0 unspecified atom stereocenters. The van der Waals surface area contributed by atoms with Gasteiger partial charge in [-0.2, -0.15) is 0 Å². The molecule has 4 heteroatoms. The minimum Gasteiger partial charge on any atom is -0.397 e. The van der Waals surface area contributed by atoms with Gasteiger partial charge in [0.15, 0.2) is 0 Å². The summed E-state index contributed by atoms with van der Waals surface area (Å²) < 4.78 is 0. The molecular weight excluding hydrogens is 242 g/mol. The average Bonchev–Trinajstić information content (AvgIpc) is 2.60. The number of hydrogen-bond acceptors (Lipinski definition) is 4. The first-order chi connectivity index (χ1) is 8.65. The van der Waals surface area contributed by atoms with Crippen molar-refractivity contribution in [3.8, 4) is 0 Å². The molecule has 3 nitrogen and oxygen atoms in total. The summed E-state index contributed by atoms with van der Waals surface area (Å²) in [6, 6.07) is 4.62. The molecule has 0 spiro atoms. The molecule has 0 radical (unpaired) electrons. The number of fused-ring (bicyclic) bond motifs is 1. The maximum absolute atomic E-state index is 6.19. The summed E-state index contributed by atoms with van der Waals surface area (Å²) in [6.07, 6.45) is 3.79. The Balaban J connectivity index is 1.95. The molecule has 0 saturated heterocycles. The minimum atomic E-state index is 0.580. The van der Waals surface area contributed by atoms with E-state index in [2.05, 4.69) is 16.9 Å². The highest BCUT2D eigenvalue weighted by atomic mass is 32.1. The lowest BCUT2D eigenvalue weighted by Crippen LogP contribution is -2.33. The maximum atomic E-state index is 6.19. The van der Waals surface area contributed by atoms with Crippen molar-refractivity contribution in [2.24, 2.45) is 0 Å².